The lowest BCUT2D eigenvalue weighted by molar-refractivity contribution is -0.384. The second-order valence-electron chi connectivity index (χ2n) is 6.45. The first kappa shape index (κ1) is 19.8. The summed E-state index contributed by atoms with van der Waals surface area (Å²) in [6, 6.07) is 13.0. The second kappa shape index (κ2) is 7.95. The van der Waals surface area contributed by atoms with Crippen molar-refractivity contribution in [2.24, 2.45) is 5.73 Å². The molecule has 148 valence electrons. The van der Waals surface area contributed by atoms with E-state index < -0.39 is 20.9 Å². The van der Waals surface area contributed by atoms with Gasteiger partial charge in [-0.05, 0) is 17.7 Å². The lowest BCUT2D eigenvalue weighted by atomic mass is 10.1. The number of carbonyl (C=O) groups excluding carboxylic acids is 1. The molecule has 1 aliphatic heterocycles. The summed E-state index contributed by atoms with van der Waals surface area (Å²) >= 11 is 0. The average molecular weight is 404 g/mol. The first-order chi connectivity index (χ1) is 13.3. The van der Waals surface area contributed by atoms with Gasteiger partial charge in [0.2, 0.25) is 15.9 Å². The molecule has 0 aliphatic carbocycles. The monoisotopic (exact) mass is 404 g/mol. The summed E-state index contributed by atoms with van der Waals surface area (Å²) in [5.74, 6) is -0.826. The van der Waals surface area contributed by atoms with E-state index in [9.17, 15) is 23.3 Å². The van der Waals surface area contributed by atoms with Gasteiger partial charge >= 0.3 is 0 Å². The molecule has 1 saturated heterocycles. The Kier molecular flexibility index (Phi) is 5.61. The summed E-state index contributed by atoms with van der Waals surface area (Å²) in [6.45, 7) is 1.07. The van der Waals surface area contributed by atoms with E-state index in [-0.39, 0.29) is 30.1 Å². The third-order valence-corrected chi connectivity index (χ3v) is 6.47. The largest absolute Gasteiger partial charge is 0.366 e. The molecule has 2 aromatic carbocycles. The Morgan fingerprint density at radius 3 is 2.29 bits per heavy atom. The molecule has 10 heteroatoms. The minimum Gasteiger partial charge on any atom is -0.366 e. The third-order valence-electron chi connectivity index (χ3n) is 4.62. The zero-order chi connectivity index (χ0) is 20.3. The zero-order valence-corrected chi connectivity index (χ0v) is 15.8. The van der Waals surface area contributed by atoms with Crippen molar-refractivity contribution < 1.29 is 18.1 Å². The zero-order valence-electron chi connectivity index (χ0n) is 15.0. The van der Waals surface area contributed by atoms with Crippen molar-refractivity contribution in [1.29, 1.82) is 0 Å². The topological polar surface area (TPSA) is 127 Å². The highest BCUT2D eigenvalue weighted by Crippen LogP contribution is 2.30. The standard InChI is InChI=1S/C18H20N4O5S/c19-18(23)15-6-7-16(17(12-15)22(24)25)20-8-10-21(11-9-20)28(26,27)13-14-4-2-1-3-5-14/h1-7,12H,8-11,13H2,(H2,19,23). The Labute approximate surface area is 162 Å². The highest BCUT2D eigenvalue weighted by atomic mass is 32.2. The van der Waals surface area contributed by atoms with Gasteiger partial charge in [0.1, 0.15) is 5.69 Å². The summed E-state index contributed by atoms with van der Waals surface area (Å²) in [5, 5.41) is 11.4. The molecule has 2 N–H and O–H groups in total. The number of hydrogen-bond acceptors (Lipinski definition) is 6. The smallest absolute Gasteiger partial charge is 0.293 e. The number of primary amides is 1. The number of sulfonamides is 1. The molecule has 1 heterocycles. The van der Waals surface area contributed by atoms with Crippen molar-refractivity contribution >= 4 is 27.3 Å². The maximum Gasteiger partial charge on any atom is 0.293 e. The Morgan fingerprint density at radius 2 is 1.71 bits per heavy atom. The molecule has 0 spiro atoms. The van der Waals surface area contributed by atoms with Crippen molar-refractivity contribution in [3.05, 3.63) is 69.8 Å². The first-order valence-electron chi connectivity index (χ1n) is 8.63. The number of piperazine rings is 1. The molecule has 9 nitrogen and oxygen atoms in total. The van der Waals surface area contributed by atoms with Gasteiger partial charge in [-0.2, -0.15) is 4.31 Å². The van der Waals surface area contributed by atoms with Crippen molar-refractivity contribution in [3.8, 4) is 0 Å². The van der Waals surface area contributed by atoms with Crippen LogP contribution in [0.15, 0.2) is 48.5 Å². The molecule has 1 amide bonds. The van der Waals surface area contributed by atoms with Crippen LogP contribution >= 0.6 is 0 Å². The van der Waals surface area contributed by atoms with Crippen LogP contribution in [0.2, 0.25) is 0 Å². The number of amides is 1. The van der Waals surface area contributed by atoms with Gasteiger partial charge in [-0.3, -0.25) is 14.9 Å². The lowest BCUT2D eigenvalue weighted by Gasteiger charge is -2.35. The van der Waals surface area contributed by atoms with Crippen LogP contribution < -0.4 is 10.6 Å². The van der Waals surface area contributed by atoms with Crippen LogP contribution in [-0.2, 0) is 15.8 Å². The highest BCUT2D eigenvalue weighted by molar-refractivity contribution is 7.88. The van der Waals surface area contributed by atoms with Crippen LogP contribution in [0.1, 0.15) is 15.9 Å². The fraction of sp³-hybridized carbons (Fsp3) is 0.278. The Morgan fingerprint density at radius 1 is 1.07 bits per heavy atom. The summed E-state index contributed by atoms with van der Waals surface area (Å²) in [4.78, 5) is 23.8. The number of nitrogens with two attached hydrogens (primary N) is 1. The van der Waals surface area contributed by atoms with E-state index in [1.165, 1.54) is 16.4 Å². The predicted octanol–water partition coefficient (Wildman–Crippen LogP) is 1.35. The number of nitrogens with zero attached hydrogens (tertiary/aromatic N) is 3. The fourth-order valence-electron chi connectivity index (χ4n) is 3.17. The molecule has 1 aliphatic rings. The van der Waals surface area contributed by atoms with Crippen molar-refractivity contribution in [2.75, 3.05) is 31.1 Å². The molecule has 28 heavy (non-hydrogen) atoms. The summed E-state index contributed by atoms with van der Waals surface area (Å²) in [5.41, 5.74) is 6.08. The van der Waals surface area contributed by atoms with Crippen LogP contribution in [0.4, 0.5) is 11.4 Å². The van der Waals surface area contributed by atoms with E-state index in [0.29, 0.717) is 24.3 Å². The van der Waals surface area contributed by atoms with Gasteiger partial charge in [-0.1, -0.05) is 30.3 Å². The van der Waals surface area contributed by atoms with Crippen molar-refractivity contribution in [2.45, 2.75) is 5.75 Å². The van der Waals surface area contributed by atoms with Gasteiger partial charge in [0.15, 0.2) is 0 Å². The lowest BCUT2D eigenvalue weighted by Crippen LogP contribution is -2.49. The molecule has 3 rings (SSSR count). The predicted molar refractivity (Wildman–Crippen MR) is 104 cm³/mol. The van der Waals surface area contributed by atoms with Gasteiger partial charge in [-0.15, -0.1) is 0 Å². The minimum absolute atomic E-state index is 0.0551. The van der Waals surface area contributed by atoms with Gasteiger partial charge in [-0.25, -0.2) is 8.42 Å². The van der Waals surface area contributed by atoms with Gasteiger partial charge < -0.3 is 10.6 Å². The third kappa shape index (κ3) is 4.29. The normalized spacial score (nSPS) is 15.4. The SMILES string of the molecule is NC(=O)c1ccc(N2CCN(S(=O)(=O)Cc3ccccc3)CC2)c([N+](=O)[O-])c1. The Balaban J connectivity index is 1.73. The molecule has 0 atom stereocenters. The molecule has 0 radical (unpaired) electrons. The van der Waals surface area contributed by atoms with E-state index in [2.05, 4.69) is 0 Å². The Hall–Kier alpha value is -2.98. The summed E-state index contributed by atoms with van der Waals surface area (Å²) < 4.78 is 26.7. The fourth-order valence-corrected chi connectivity index (χ4v) is 4.69. The molecule has 0 aromatic heterocycles. The van der Waals surface area contributed by atoms with E-state index in [0.717, 1.165) is 6.07 Å². The second-order valence-corrected chi connectivity index (χ2v) is 8.42. The number of nitro benzene ring substituents is 1. The van der Waals surface area contributed by atoms with Crippen molar-refractivity contribution in [1.82, 2.24) is 4.31 Å². The highest BCUT2D eigenvalue weighted by Gasteiger charge is 2.30. The van der Waals surface area contributed by atoms with Crippen LogP contribution in [0, 0.1) is 10.1 Å². The number of benzene rings is 2. The number of anilines is 1. The van der Waals surface area contributed by atoms with Crippen LogP contribution in [-0.4, -0.2) is 49.7 Å². The molecule has 2 aromatic rings. The number of rotatable bonds is 6. The van der Waals surface area contributed by atoms with Gasteiger partial charge in [0.25, 0.3) is 5.69 Å². The maximum absolute atomic E-state index is 12.6. The number of hydrogen-bond donors (Lipinski definition) is 1. The van der Waals surface area contributed by atoms with E-state index in [1.54, 1.807) is 29.2 Å². The molecular formula is C18H20N4O5S. The number of nitro groups is 1. The van der Waals surface area contributed by atoms with Gasteiger partial charge in [0.05, 0.1) is 10.7 Å². The minimum atomic E-state index is -3.47. The van der Waals surface area contributed by atoms with Crippen LogP contribution in [0.3, 0.4) is 0 Å². The van der Waals surface area contributed by atoms with Gasteiger partial charge in [0, 0.05) is 37.8 Å². The molecule has 0 saturated carbocycles. The van der Waals surface area contributed by atoms with Crippen LogP contribution in [0.25, 0.3) is 0 Å². The average Bonchev–Trinajstić information content (AvgIpc) is 2.68. The van der Waals surface area contributed by atoms with E-state index in [1.807, 2.05) is 6.07 Å². The Bertz CT molecular complexity index is 986. The van der Waals surface area contributed by atoms with E-state index in [4.69, 9.17) is 5.73 Å². The van der Waals surface area contributed by atoms with Crippen molar-refractivity contribution in [3.63, 3.8) is 0 Å². The number of carbonyl (C=O) groups is 1. The summed E-state index contributed by atoms with van der Waals surface area (Å²) in [7, 11) is -3.47. The molecular weight excluding hydrogens is 384 g/mol. The first-order valence-corrected chi connectivity index (χ1v) is 10.2. The van der Waals surface area contributed by atoms with E-state index >= 15 is 0 Å². The molecule has 0 unspecified atom stereocenters. The van der Waals surface area contributed by atoms with Crippen LogP contribution in [0.5, 0.6) is 0 Å². The molecule has 1 fully saturated rings. The quantitative estimate of drug-likeness (QED) is 0.572. The molecule has 0 bridgehead atoms. The summed E-state index contributed by atoms with van der Waals surface area (Å²) in [6.07, 6.45) is 0. The maximum atomic E-state index is 12.6.